The summed E-state index contributed by atoms with van der Waals surface area (Å²) in [6, 6.07) is 8.48. The molecule has 3 rings (SSSR count). The lowest BCUT2D eigenvalue weighted by Gasteiger charge is -2.32. The summed E-state index contributed by atoms with van der Waals surface area (Å²) in [5, 5.41) is 0. The van der Waals surface area contributed by atoms with E-state index in [2.05, 4.69) is 4.74 Å². The van der Waals surface area contributed by atoms with Crippen molar-refractivity contribution in [2.24, 2.45) is 17.3 Å². The predicted octanol–water partition coefficient (Wildman–Crippen LogP) is 3.16. The van der Waals surface area contributed by atoms with Crippen LogP contribution in [0.15, 0.2) is 54.3 Å². The van der Waals surface area contributed by atoms with Crippen LogP contribution in [0.5, 0.6) is 0 Å². The summed E-state index contributed by atoms with van der Waals surface area (Å²) in [5.41, 5.74) is -1.68. The molecule has 126 valence electrons. The van der Waals surface area contributed by atoms with E-state index in [1.54, 1.807) is 55.5 Å². The van der Waals surface area contributed by atoms with Crippen molar-refractivity contribution in [3.8, 4) is 0 Å². The van der Waals surface area contributed by atoms with Gasteiger partial charge in [-0.1, -0.05) is 37.3 Å². The van der Waals surface area contributed by atoms with Gasteiger partial charge in [0.05, 0.1) is 7.11 Å². The number of rotatable bonds is 3. The summed E-state index contributed by atoms with van der Waals surface area (Å²) < 4.78 is 32.9. The SMILES string of the molecule is COC(=O)C1(C(F)F)C(=O)N(c2ccccc2)C2=CC=CC(C)C21. The van der Waals surface area contributed by atoms with Crippen molar-refractivity contribution in [3.63, 3.8) is 0 Å². The van der Waals surface area contributed by atoms with Crippen molar-refractivity contribution < 1.29 is 23.1 Å². The van der Waals surface area contributed by atoms with Gasteiger partial charge in [0.15, 0.2) is 0 Å². The minimum atomic E-state index is -3.17. The Morgan fingerprint density at radius 3 is 2.54 bits per heavy atom. The highest BCUT2D eigenvalue weighted by Crippen LogP contribution is 2.54. The summed E-state index contributed by atoms with van der Waals surface area (Å²) in [6.07, 6.45) is 1.88. The number of carbonyl (C=O) groups excluding carboxylic acids is 2. The Bertz CT molecular complexity index is 729. The zero-order chi connectivity index (χ0) is 17.5. The van der Waals surface area contributed by atoms with Gasteiger partial charge in [0.2, 0.25) is 5.41 Å². The molecule has 1 aliphatic carbocycles. The number of methoxy groups -OCH3 is 1. The maximum atomic E-state index is 14.1. The number of fused-ring (bicyclic) bond motifs is 1. The standard InChI is InChI=1S/C18H17F2NO3/c1-11-7-6-10-13-14(11)18(15(19)20,17(23)24-2)16(22)21(13)12-8-4-3-5-9-12/h3-11,14-15H,1-2H3. The summed E-state index contributed by atoms with van der Waals surface area (Å²) >= 11 is 0. The highest BCUT2D eigenvalue weighted by atomic mass is 19.3. The second kappa shape index (κ2) is 5.85. The molecule has 0 aromatic heterocycles. The first-order chi connectivity index (χ1) is 11.5. The average Bonchev–Trinajstić information content (AvgIpc) is 2.85. The van der Waals surface area contributed by atoms with Gasteiger partial charge in [-0.25, -0.2) is 8.78 Å². The number of ether oxygens (including phenoxy) is 1. The van der Waals surface area contributed by atoms with E-state index in [4.69, 9.17) is 0 Å². The average molecular weight is 333 g/mol. The van der Waals surface area contributed by atoms with E-state index in [0.29, 0.717) is 11.4 Å². The van der Waals surface area contributed by atoms with Crippen LogP contribution in [0.2, 0.25) is 0 Å². The number of amides is 1. The second-order valence-corrected chi connectivity index (χ2v) is 5.95. The summed E-state index contributed by atoms with van der Waals surface area (Å²) in [6.45, 7) is 1.72. The lowest BCUT2D eigenvalue weighted by atomic mass is 9.69. The van der Waals surface area contributed by atoms with Crippen molar-refractivity contribution in [2.45, 2.75) is 13.3 Å². The number of carbonyl (C=O) groups is 2. The molecule has 1 amide bonds. The molecule has 0 bridgehead atoms. The number of benzene rings is 1. The molecule has 0 N–H and O–H groups in total. The molecule has 0 spiro atoms. The van der Waals surface area contributed by atoms with E-state index in [-0.39, 0.29) is 0 Å². The van der Waals surface area contributed by atoms with Crippen molar-refractivity contribution in [1.82, 2.24) is 0 Å². The first kappa shape index (κ1) is 16.4. The molecule has 1 fully saturated rings. The van der Waals surface area contributed by atoms with E-state index in [9.17, 15) is 18.4 Å². The van der Waals surface area contributed by atoms with Gasteiger partial charge >= 0.3 is 5.97 Å². The van der Waals surface area contributed by atoms with Crippen molar-refractivity contribution in [1.29, 1.82) is 0 Å². The van der Waals surface area contributed by atoms with E-state index in [1.807, 2.05) is 0 Å². The zero-order valence-corrected chi connectivity index (χ0v) is 13.3. The number of esters is 1. The van der Waals surface area contributed by atoms with Crippen LogP contribution in [0.1, 0.15) is 6.92 Å². The lowest BCUT2D eigenvalue weighted by molar-refractivity contribution is -0.172. The normalized spacial score (nSPS) is 28.8. The van der Waals surface area contributed by atoms with E-state index >= 15 is 0 Å². The molecule has 3 atom stereocenters. The van der Waals surface area contributed by atoms with Crippen LogP contribution in [0.25, 0.3) is 0 Å². The number of allylic oxidation sites excluding steroid dienone is 4. The number of nitrogens with zero attached hydrogens (tertiary/aromatic N) is 1. The number of hydrogen-bond donors (Lipinski definition) is 0. The van der Waals surface area contributed by atoms with Gasteiger partial charge in [-0.05, 0) is 24.1 Å². The summed E-state index contributed by atoms with van der Waals surface area (Å²) in [7, 11) is 1.03. The Kier molecular flexibility index (Phi) is 3.99. The fourth-order valence-electron chi connectivity index (χ4n) is 3.66. The molecule has 1 aliphatic heterocycles. The number of para-hydroxylation sites is 1. The van der Waals surface area contributed by atoms with Gasteiger partial charge in [0, 0.05) is 17.3 Å². The molecule has 3 unspecified atom stereocenters. The smallest absolute Gasteiger partial charge is 0.328 e. The Labute approximate surface area is 138 Å². The molecule has 6 heteroatoms. The topological polar surface area (TPSA) is 46.6 Å². The minimum absolute atomic E-state index is 0.395. The van der Waals surface area contributed by atoms with Crippen LogP contribution in [-0.4, -0.2) is 25.4 Å². The van der Waals surface area contributed by atoms with Crippen LogP contribution in [0.3, 0.4) is 0 Å². The van der Waals surface area contributed by atoms with E-state index < -0.39 is 35.6 Å². The van der Waals surface area contributed by atoms with Gasteiger partial charge in [-0.15, -0.1) is 0 Å². The molecule has 1 aromatic rings. The maximum absolute atomic E-state index is 14.1. The monoisotopic (exact) mass is 333 g/mol. The van der Waals surface area contributed by atoms with Gasteiger partial charge < -0.3 is 4.74 Å². The largest absolute Gasteiger partial charge is 0.468 e. The molecule has 2 aliphatic rings. The van der Waals surface area contributed by atoms with Crippen molar-refractivity contribution in [3.05, 3.63) is 54.3 Å². The van der Waals surface area contributed by atoms with Crippen LogP contribution < -0.4 is 4.90 Å². The first-order valence-electron chi connectivity index (χ1n) is 7.60. The van der Waals surface area contributed by atoms with Gasteiger partial charge in [-0.2, -0.15) is 0 Å². The summed E-state index contributed by atoms with van der Waals surface area (Å²) in [4.78, 5) is 26.6. The zero-order valence-electron chi connectivity index (χ0n) is 13.3. The maximum Gasteiger partial charge on any atom is 0.328 e. The Morgan fingerprint density at radius 1 is 1.29 bits per heavy atom. The van der Waals surface area contributed by atoms with Crippen LogP contribution >= 0.6 is 0 Å². The third-order valence-electron chi connectivity index (χ3n) is 4.71. The molecular formula is C18H17F2NO3. The van der Waals surface area contributed by atoms with Crippen molar-refractivity contribution in [2.75, 3.05) is 12.0 Å². The van der Waals surface area contributed by atoms with Crippen LogP contribution in [-0.2, 0) is 14.3 Å². The predicted molar refractivity (Wildman–Crippen MR) is 84.3 cm³/mol. The Morgan fingerprint density at radius 2 is 1.96 bits per heavy atom. The third-order valence-corrected chi connectivity index (χ3v) is 4.71. The molecule has 0 saturated carbocycles. The Balaban J connectivity index is 2.25. The van der Waals surface area contributed by atoms with E-state index in [0.717, 1.165) is 7.11 Å². The lowest BCUT2D eigenvalue weighted by Crippen LogP contribution is -2.51. The fourth-order valence-corrected chi connectivity index (χ4v) is 3.66. The molecular weight excluding hydrogens is 316 g/mol. The number of hydrogen-bond acceptors (Lipinski definition) is 3. The molecule has 1 heterocycles. The van der Waals surface area contributed by atoms with Gasteiger partial charge in [0.1, 0.15) is 0 Å². The van der Waals surface area contributed by atoms with Crippen molar-refractivity contribution >= 4 is 17.6 Å². The number of anilines is 1. The molecule has 1 saturated heterocycles. The molecule has 24 heavy (non-hydrogen) atoms. The van der Waals surface area contributed by atoms with E-state index in [1.165, 1.54) is 4.90 Å². The highest BCUT2D eigenvalue weighted by molar-refractivity contribution is 6.16. The highest BCUT2D eigenvalue weighted by Gasteiger charge is 2.69. The fraction of sp³-hybridized carbons (Fsp3) is 0.333. The number of alkyl halides is 2. The first-order valence-corrected chi connectivity index (χ1v) is 7.60. The summed E-state index contributed by atoms with van der Waals surface area (Å²) in [5.74, 6) is -3.51. The second-order valence-electron chi connectivity index (χ2n) is 5.95. The number of halogens is 2. The quantitative estimate of drug-likeness (QED) is 0.630. The molecule has 0 radical (unpaired) electrons. The third kappa shape index (κ3) is 2.02. The minimum Gasteiger partial charge on any atom is -0.468 e. The van der Waals surface area contributed by atoms with Crippen LogP contribution in [0, 0.1) is 17.3 Å². The van der Waals surface area contributed by atoms with Gasteiger partial charge in [-0.3, -0.25) is 14.5 Å². The van der Waals surface area contributed by atoms with Crippen LogP contribution in [0.4, 0.5) is 14.5 Å². The molecule has 4 nitrogen and oxygen atoms in total. The van der Waals surface area contributed by atoms with Gasteiger partial charge in [0.25, 0.3) is 12.3 Å². The Hall–Kier alpha value is -2.50. The molecule has 1 aromatic carbocycles.